The van der Waals surface area contributed by atoms with Crippen LogP contribution in [-0.2, 0) is 19.1 Å². The number of allylic oxidation sites excluding steroid dienone is 2. The third-order valence-corrected chi connectivity index (χ3v) is 4.22. The van der Waals surface area contributed by atoms with Gasteiger partial charge in [-0.05, 0) is 11.6 Å². The normalized spacial score (nSPS) is 43.8. The van der Waals surface area contributed by atoms with Crippen molar-refractivity contribution in [3.8, 4) is 0 Å². The highest BCUT2D eigenvalue weighted by Crippen LogP contribution is 2.62. The second kappa shape index (κ2) is 2.30. The highest BCUT2D eigenvalue weighted by atomic mass is 16.7. The van der Waals surface area contributed by atoms with Crippen LogP contribution in [-0.4, -0.2) is 24.0 Å². The topological polar surface area (TPSA) is 52.6 Å². The van der Waals surface area contributed by atoms with Crippen LogP contribution in [0.2, 0.25) is 0 Å². The highest BCUT2D eigenvalue weighted by Gasteiger charge is 2.65. The molecule has 82 valence electrons. The Balaban J connectivity index is 1.95. The fourth-order valence-corrected chi connectivity index (χ4v) is 3.50. The third kappa shape index (κ3) is 0.745. The van der Waals surface area contributed by atoms with E-state index < -0.39 is 11.0 Å². The van der Waals surface area contributed by atoms with Crippen LogP contribution >= 0.6 is 0 Å². The molecule has 4 rings (SSSR count). The van der Waals surface area contributed by atoms with E-state index in [-0.39, 0.29) is 18.4 Å². The molecule has 2 fully saturated rings. The zero-order valence-corrected chi connectivity index (χ0v) is 8.62. The summed E-state index contributed by atoms with van der Waals surface area (Å²) in [4.78, 5) is 23.6. The molecule has 0 aromatic heterocycles. The van der Waals surface area contributed by atoms with E-state index in [1.807, 2.05) is 0 Å². The van der Waals surface area contributed by atoms with Crippen LogP contribution in [0.4, 0.5) is 0 Å². The van der Waals surface area contributed by atoms with E-state index in [4.69, 9.17) is 9.47 Å². The molecular formula is C12H10O4. The maximum atomic E-state index is 12.1. The van der Waals surface area contributed by atoms with Gasteiger partial charge < -0.3 is 9.47 Å². The van der Waals surface area contributed by atoms with Crippen LogP contribution in [0.5, 0.6) is 0 Å². The van der Waals surface area contributed by atoms with Crippen LogP contribution in [0.25, 0.3) is 0 Å². The summed E-state index contributed by atoms with van der Waals surface area (Å²) >= 11 is 0. The number of ether oxygens (including phenoxy) is 2. The van der Waals surface area contributed by atoms with Gasteiger partial charge in [0.05, 0.1) is 5.41 Å². The van der Waals surface area contributed by atoms with Crippen LogP contribution in [0.15, 0.2) is 23.5 Å². The van der Waals surface area contributed by atoms with Crippen LogP contribution in [0, 0.1) is 5.41 Å². The van der Waals surface area contributed by atoms with Gasteiger partial charge in [-0.3, -0.25) is 9.59 Å². The minimum atomic E-state index is -0.589. The predicted molar refractivity (Wildman–Crippen MR) is 52.2 cm³/mol. The lowest BCUT2D eigenvalue weighted by Gasteiger charge is -2.30. The summed E-state index contributed by atoms with van der Waals surface area (Å²) in [6.07, 6.45) is 4.70. The Morgan fingerprint density at radius 1 is 1.19 bits per heavy atom. The van der Waals surface area contributed by atoms with Crippen molar-refractivity contribution in [3.05, 3.63) is 23.5 Å². The Bertz CT molecular complexity index is 501. The van der Waals surface area contributed by atoms with Gasteiger partial charge in [-0.1, -0.05) is 0 Å². The monoisotopic (exact) mass is 218 g/mol. The smallest absolute Gasteiger partial charge is 0.189 e. The predicted octanol–water partition coefficient (Wildman–Crippen LogP) is 0.875. The van der Waals surface area contributed by atoms with Crippen molar-refractivity contribution in [2.75, 3.05) is 6.79 Å². The molecule has 0 amide bonds. The van der Waals surface area contributed by atoms with Crippen molar-refractivity contribution in [3.63, 3.8) is 0 Å². The minimum absolute atomic E-state index is 0.0122. The van der Waals surface area contributed by atoms with Gasteiger partial charge in [0, 0.05) is 25.3 Å². The number of rotatable bonds is 0. The summed E-state index contributed by atoms with van der Waals surface area (Å²) in [7, 11) is 0. The molecule has 16 heavy (non-hydrogen) atoms. The van der Waals surface area contributed by atoms with E-state index in [0.29, 0.717) is 25.0 Å². The van der Waals surface area contributed by atoms with Crippen LogP contribution in [0.3, 0.4) is 0 Å². The fraction of sp³-hybridized carbons (Fsp3) is 0.500. The maximum absolute atomic E-state index is 12.1. The molecule has 1 saturated carbocycles. The van der Waals surface area contributed by atoms with E-state index in [9.17, 15) is 9.59 Å². The molecular weight excluding hydrogens is 208 g/mol. The number of ketones is 2. The largest absolute Gasteiger partial charge is 0.469 e. The molecule has 3 aliphatic carbocycles. The van der Waals surface area contributed by atoms with Gasteiger partial charge in [0.1, 0.15) is 11.4 Å². The van der Waals surface area contributed by atoms with Crippen LogP contribution < -0.4 is 0 Å². The van der Waals surface area contributed by atoms with E-state index in [0.717, 1.165) is 5.57 Å². The molecule has 0 aromatic carbocycles. The average molecular weight is 218 g/mol. The zero-order chi connectivity index (χ0) is 11.0. The first-order chi connectivity index (χ1) is 7.65. The molecule has 0 N–H and O–H groups in total. The summed E-state index contributed by atoms with van der Waals surface area (Å²) in [5.74, 6) is 0.734. The van der Waals surface area contributed by atoms with E-state index in [1.54, 1.807) is 6.08 Å². The van der Waals surface area contributed by atoms with E-state index >= 15 is 0 Å². The molecule has 1 heterocycles. The van der Waals surface area contributed by atoms with Gasteiger partial charge >= 0.3 is 0 Å². The summed E-state index contributed by atoms with van der Waals surface area (Å²) in [6.45, 7) is 0.219. The van der Waals surface area contributed by atoms with Crippen LogP contribution in [0.1, 0.15) is 19.3 Å². The summed E-state index contributed by atoms with van der Waals surface area (Å²) in [5.41, 5.74) is -0.0893. The van der Waals surface area contributed by atoms with Gasteiger partial charge in [-0.15, -0.1) is 0 Å². The van der Waals surface area contributed by atoms with Crippen molar-refractivity contribution in [1.29, 1.82) is 0 Å². The first-order valence-electron chi connectivity index (χ1n) is 5.42. The van der Waals surface area contributed by atoms with Crippen molar-refractivity contribution < 1.29 is 19.1 Å². The number of hydrogen-bond acceptors (Lipinski definition) is 4. The Kier molecular flexibility index (Phi) is 1.25. The molecule has 2 bridgehead atoms. The van der Waals surface area contributed by atoms with Crippen molar-refractivity contribution >= 4 is 11.6 Å². The molecule has 4 heteroatoms. The molecule has 2 spiro atoms. The van der Waals surface area contributed by atoms with Gasteiger partial charge in [0.25, 0.3) is 0 Å². The standard InChI is InChI=1S/C12H10O4/c13-8-1-7-3-12-5-11(7,4-8)9(14)2-10(12)15-6-16-12/h1-2H,3-6H2/t11-,12+/m0/s1. The zero-order valence-electron chi connectivity index (χ0n) is 8.62. The lowest BCUT2D eigenvalue weighted by molar-refractivity contribution is -0.127. The molecule has 2 atom stereocenters. The Hall–Kier alpha value is -1.42. The first-order valence-corrected chi connectivity index (χ1v) is 5.42. The van der Waals surface area contributed by atoms with Gasteiger partial charge in [-0.25, -0.2) is 0 Å². The molecule has 1 aliphatic heterocycles. The molecule has 4 aliphatic rings. The molecule has 4 nitrogen and oxygen atoms in total. The second-order valence-corrected chi connectivity index (χ2v) is 5.02. The first kappa shape index (κ1) is 8.70. The number of carbonyl (C=O) groups is 2. The Morgan fingerprint density at radius 2 is 2.06 bits per heavy atom. The molecule has 1 saturated heterocycles. The maximum Gasteiger partial charge on any atom is 0.189 e. The SMILES string of the molecule is O=C1C=C2C[C@@]34C[C@]2(C1)C(=O)C=C3OCO4. The van der Waals surface area contributed by atoms with Crippen molar-refractivity contribution in [2.45, 2.75) is 24.9 Å². The number of carbonyl (C=O) groups excluding carboxylic acids is 2. The molecule has 0 unspecified atom stereocenters. The highest BCUT2D eigenvalue weighted by molar-refractivity contribution is 6.08. The van der Waals surface area contributed by atoms with Gasteiger partial charge in [-0.2, -0.15) is 0 Å². The minimum Gasteiger partial charge on any atom is -0.469 e. The summed E-state index contributed by atoms with van der Waals surface area (Å²) in [6, 6.07) is 0. The molecule has 0 radical (unpaired) electrons. The third-order valence-electron chi connectivity index (χ3n) is 4.22. The van der Waals surface area contributed by atoms with Gasteiger partial charge in [0.15, 0.2) is 18.4 Å². The van der Waals surface area contributed by atoms with E-state index in [2.05, 4.69) is 0 Å². The summed E-state index contributed by atoms with van der Waals surface area (Å²) < 4.78 is 11.0. The van der Waals surface area contributed by atoms with E-state index in [1.165, 1.54) is 6.08 Å². The average Bonchev–Trinajstić information content (AvgIpc) is 2.79. The van der Waals surface area contributed by atoms with Crippen molar-refractivity contribution in [1.82, 2.24) is 0 Å². The summed E-state index contributed by atoms with van der Waals surface area (Å²) in [5, 5.41) is 0. The fourth-order valence-electron chi connectivity index (χ4n) is 3.50. The van der Waals surface area contributed by atoms with Gasteiger partial charge in [0.2, 0.25) is 0 Å². The Labute approximate surface area is 91.9 Å². The lowest BCUT2D eigenvalue weighted by atomic mass is 9.74. The number of hydrogen-bond donors (Lipinski definition) is 0. The molecule has 0 aromatic rings. The Morgan fingerprint density at radius 3 is 2.94 bits per heavy atom. The quantitative estimate of drug-likeness (QED) is 0.605. The second-order valence-electron chi connectivity index (χ2n) is 5.02. The van der Waals surface area contributed by atoms with Crippen molar-refractivity contribution in [2.24, 2.45) is 5.41 Å². The lowest BCUT2D eigenvalue weighted by Crippen LogP contribution is -2.38.